The van der Waals surface area contributed by atoms with Crippen molar-refractivity contribution in [3.63, 3.8) is 0 Å². The third-order valence-electron chi connectivity index (χ3n) is 2.93. The number of nitrogens with zero attached hydrogens (tertiary/aromatic N) is 1. The molecular weight excluding hydrogens is 356 g/mol. The van der Waals surface area contributed by atoms with Crippen LogP contribution < -0.4 is 5.32 Å². The average Bonchev–Trinajstić information content (AvgIpc) is 2.90. The fourth-order valence-corrected chi connectivity index (χ4v) is 2.78. The maximum absolute atomic E-state index is 6.04. The van der Waals surface area contributed by atoms with Crippen molar-refractivity contribution in [1.82, 2.24) is 10.3 Å². The minimum atomic E-state index is 0.666. The Balaban J connectivity index is 1.86. The van der Waals surface area contributed by atoms with Crippen molar-refractivity contribution in [3.8, 4) is 11.3 Å². The van der Waals surface area contributed by atoms with Crippen LogP contribution in [0.2, 0.25) is 5.02 Å². The van der Waals surface area contributed by atoms with E-state index in [1.165, 1.54) is 0 Å². The van der Waals surface area contributed by atoms with E-state index in [2.05, 4.69) is 26.2 Å². The van der Waals surface area contributed by atoms with Gasteiger partial charge in [-0.3, -0.25) is 0 Å². The van der Waals surface area contributed by atoms with E-state index < -0.39 is 0 Å². The van der Waals surface area contributed by atoms with Gasteiger partial charge in [0.05, 0.1) is 12.8 Å². The molecule has 0 fully saturated rings. The van der Waals surface area contributed by atoms with Crippen LogP contribution in [-0.4, -0.2) is 31.8 Å². The maximum Gasteiger partial charge on any atom is 0.194 e. The molecule has 1 aromatic heterocycles. The van der Waals surface area contributed by atoms with E-state index in [1.807, 2.05) is 18.2 Å². The van der Waals surface area contributed by atoms with Crippen molar-refractivity contribution >= 4 is 27.5 Å². The molecule has 0 atom stereocenters. The number of benzene rings is 1. The largest absolute Gasteiger partial charge is 0.441 e. The first-order valence-corrected chi connectivity index (χ1v) is 7.97. The molecule has 2 rings (SSSR count). The number of nitrogens with one attached hydrogen (secondary N) is 1. The predicted molar refractivity (Wildman–Crippen MR) is 87.7 cm³/mol. The molecule has 0 aliphatic carbocycles. The smallest absolute Gasteiger partial charge is 0.194 e. The first kappa shape index (κ1) is 16.5. The highest BCUT2D eigenvalue weighted by Gasteiger charge is 2.08. The second kappa shape index (κ2) is 8.54. The minimum absolute atomic E-state index is 0.666. The zero-order chi connectivity index (χ0) is 15.1. The third kappa shape index (κ3) is 5.43. The van der Waals surface area contributed by atoms with Crippen molar-refractivity contribution in [2.24, 2.45) is 0 Å². The van der Waals surface area contributed by atoms with Gasteiger partial charge in [-0.2, -0.15) is 0 Å². The molecule has 0 radical (unpaired) electrons. The summed E-state index contributed by atoms with van der Waals surface area (Å²) in [6, 6.07) is 5.67. The lowest BCUT2D eigenvalue weighted by Gasteiger charge is -2.02. The van der Waals surface area contributed by atoms with Gasteiger partial charge in [-0.15, -0.1) is 0 Å². The molecule has 2 aromatic rings. The number of aryl methyl sites for hydroxylation is 1. The van der Waals surface area contributed by atoms with Gasteiger partial charge in [0.2, 0.25) is 0 Å². The van der Waals surface area contributed by atoms with Crippen LogP contribution in [0, 0.1) is 0 Å². The van der Waals surface area contributed by atoms with Crippen LogP contribution in [0.5, 0.6) is 0 Å². The number of ether oxygens (including phenoxy) is 1. The fourth-order valence-electron chi connectivity index (χ4n) is 1.92. The number of hydrogen-bond acceptors (Lipinski definition) is 4. The molecule has 4 nitrogen and oxygen atoms in total. The van der Waals surface area contributed by atoms with Crippen molar-refractivity contribution in [3.05, 3.63) is 39.8 Å². The van der Waals surface area contributed by atoms with Gasteiger partial charge in [0.15, 0.2) is 11.7 Å². The molecule has 0 aliphatic heterocycles. The van der Waals surface area contributed by atoms with Gasteiger partial charge in [-0.25, -0.2) is 4.98 Å². The molecule has 0 bridgehead atoms. The fraction of sp³-hybridized carbons (Fsp3) is 0.400. The first-order valence-electron chi connectivity index (χ1n) is 6.80. The van der Waals surface area contributed by atoms with Crippen LogP contribution in [0.4, 0.5) is 0 Å². The van der Waals surface area contributed by atoms with Gasteiger partial charge in [0.1, 0.15) is 0 Å². The molecule has 0 saturated carbocycles. The Kier molecular flexibility index (Phi) is 6.70. The summed E-state index contributed by atoms with van der Waals surface area (Å²) in [5.74, 6) is 1.48. The summed E-state index contributed by atoms with van der Waals surface area (Å²) in [5, 5.41) is 3.96. The molecule has 0 aliphatic rings. The van der Waals surface area contributed by atoms with Gasteiger partial charge in [-0.1, -0.05) is 27.5 Å². The summed E-state index contributed by atoms with van der Waals surface area (Å²) in [6.07, 6.45) is 3.52. The number of halogens is 2. The average molecular weight is 374 g/mol. The maximum atomic E-state index is 6.04. The molecular formula is C15H18BrClN2O2. The SMILES string of the molecule is COCCNCCCc1ncc(-c2cc(Cl)cc(Br)c2)o1. The van der Waals surface area contributed by atoms with Crippen LogP contribution in [0.25, 0.3) is 11.3 Å². The van der Waals surface area contributed by atoms with E-state index in [9.17, 15) is 0 Å². The van der Waals surface area contributed by atoms with Gasteiger partial charge >= 0.3 is 0 Å². The van der Waals surface area contributed by atoms with Crippen molar-refractivity contribution in [2.75, 3.05) is 26.8 Å². The second-order valence-electron chi connectivity index (χ2n) is 4.62. The molecule has 0 saturated heterocycles. The Hall–Kier alpha value is -0.880. The Morgan fingerprint density at radius 2 is 2.19 bits per heavy atom. The molecule has 21 heavy (non-hydrogen) atoms. The van der Waals surface area contributed by atoms with Gasteiger partial charge < -0.3 is 14.5 Å². The molecule has 0 spiro atoms. The lowest BCUT2D eigenvalue weighted by Crippen LogP contribution is -2.20. The Bertz CT molecular complexity index is 554. The van der Waals surface area contributed by atoms with Crippen molar-refractivity contribution in [2.45, 2.75) is 12.8 Å². The molecule has 114 valence electrons. The lowest BCUT2D eigenvalue weighted by atomic mass is 10.2. The first-order chi connectivity index (χ1) is 10.2. The quantitative estimate of drug-likeness (QED) is 0.712. The highest BCUT2D eigenvalue weighted by molar-refractivity contribution is 9.10. The van der Waals surface area contributed by atoms with Gasteiger partial charge in [0.25, 0.3) is 0 Å². The van der Waals surface area contributed by atoms with E-state index >= 15 is 0 Å². The lowest BCUT2D eigenvalue weighted by molar-refractivity contribution is 0.199. The number of hydrogen-bond donors (Lipinski definition) is 1. The van der Waals surface area contributed by atoms with Gasteiger partial charge in [0, 0.05) is 35.1 Å². The van der Waals surface area contributed by atoms with Crippen LogP contribution >= 0.6 is 27.5 Å². The molecule has 0 unspecified atom stereocenters. The summed E-state index contributed by atoms with van der Waals surface area (Å²) in [4.78, 5) is 4.31. The zero-order valence-corrected chi connectivity index (χ0v) is 14.2. The van der Waals surface area contributed by atoms with E-state index in [0.29, 0.717) is 5.02 Å². The van der Waals surface area contributed by atoms with Crippen LogP contribution in [0.3, 0.4) is 0 Å². The van der Waals surface area contributed by atoms with Crippen LogP contribution in [-0.2, 0) is 11.2 Å². The molecule has 0 amide bonds. The molecule has 6 heteroatoms. The summed E-state index contributed by atoms with van der Waals surface area (Å²) in [6.45, 7) is 2.51. The Morgan fingerprint density at radius 1 is 1.33 bits per heavy atom. The van der Waals surface area contributed by atoms with Crippen molar-refractivity contribution in [1.29, 1.82) is 0 Å². The highest BCUT2D eigenvalue weighted by atomic mass is 79.9. The minimum Gasteiger partial charge on any atom is -0.441 e. The second-order valence-corrected chi connectivity index (χ2v) is 5.97. The van der Waals surface area contributed by atoms with E-state index in [0.717, 1.165) is 54.2 Å². The Labute approximate surface area is 138 Å². The number of rotatable bonds is 8. The van der Waals surface area contributed by atoms with Gasteiger partial charge in [-0.05, 0) is 31.2 Å². The number of methoxy groups -OCH3 is 1. The number of aromatic nitrogens is 1. The van der Waals surface area contributed by atoms with Crippen molar-refractivity contribution < 1.29 is 9.15 Å². The van der Waals surface area contributed by atoms with Crippen LogP contribution in [0.15, 0.2) is 33.3 Å². The standard InChI is InChI=1S/C15H18BrClN2O2/c1-20-6-5-18-4-2-3-15-19-10-14(21-15)11-7-12(16)9-13(17)8-11/h7-10,18H,2-6H2,1H3. The molecule has 1 heterocycles. The normalized spacial score (nSPS) is 11.0. The molecule has 1 N–H and O–H groups in total. The number of oxazole rings is 1. The van der Waals surface area contributed by atoms with E-state index in [1.54, 1.807) is 13.3 Å². The topological polar surface area (TPSA) is 47.3 Å². The Morgan fingerprint density at radius 3 is 2.95 bits per heavy atom. The zero-order valence-electron chi connectivity index (χ0n) is 11.9. The van der Waals surface area contributed by atoms with E-state index in [-0.39, 0.29) is 0 Å². The molecule has 1 aromatic carbocycles. The summed E-state index contributed by atoms with van der Waals surface area (Å²) in [5.41, 5.74) is 0.923. The third-order valence-corrected chi connectivity index (χ3v) is 3.60. The summed E-state index contributed by atoms with van der Waals surface area (Å²) >= 11 is 9.46. The van der Waals surface area contributed by atoms with Crippen LogP contribution in [0.1, 0.15) is 12.3 Å². The monoisotopic (exact) mass is 372 g/mol. The van der Waals surface area contributed by atoms with E-state index in [4.69, 9.17) is 20.8 Å². The summed E-state index contributed by atoms with van der Waals surface area (Å²) in [7, 11) is 1.70. The summed E-state index contributed by atoms with van der Waals surface area (Å²) < 4.78 is 11.7. The highest BCUT2D eigenvalue weighted by Crippen LogP contribution is 2.28. The predicted octanol–water partition coefficient (Wildman–Crippen LogP) is 3.93.